The Balaban J connectivity index is 1.48. The smallest absolute Gasteiger partial charge is 0.118 e. The highest BCUT2D eigenvalue weighted by atomic mass is 16.6. The molecule has 0 unspecified atom stereocenters. The summed E-state index contributed by atoms with van der Waals surface area (Å²) in [5.74, 6) is 0. The van der Waals surface area contributed by atoms with Crippen LogP contribution in [0.5, 0.6) is 0 Å². The minimum atomic E-state index is -1.51. The molecule has 46 heavy (non-hydrogen) atoms. The van der Waals surface area contributed by atoms with Gasteiger partial charge < -0.3 is 39.6 Å². The van der Waals surface area contributed by atoms with Crippen LogP contribution in [0.3, 0.4) is 0 Å². The maximum atomic E-state index is 12.5. The van der Waals surface area contributed by atoms with Gasteiger partial charge in [0.15, 0.2) is 0 Å². The molecule has 0 saturated heterocycles. The summed E-state index contributed by atoms with van der Waals surface area (Å²) in [6.07, 6.45) is -2.03. The van der Waals surface area contributed by atoms with E-state index in [0.717, 1.165) is 22.3 Å². The van der Waals surface area contributed by atoms with Crippen molar-refractivity contribution >= 4 is 0 Å². The predicted octanol–water partition coefficient (Wildman–Crippen LogP) is 4.41. The lowest BCUT2D eigenvalue weighted by atomic mass is 9.75. The first-order chi connectivity index (χ1) is 22.6. The summed E-state index contributed by atoms with van der Waals surface area (Å²) in [5.41, 5.74) is 2.38. The van der Waals surface area contributed by atoms with E-state index in [1.807, 2.05) is 121 Å². The minimum Gasteiger partial charge on any atom is -0.395 e. The summed E-state index contributed by atoms with van der Waals surface area (Å²) in [5, 5.41) is 35.9. The molecule has 0 amide bonds. The van der Waals surface area contributed by atoms with Gasteiger partial charge in [-0.15, -0.1) is 0 Å². The molecule has 1 aliphatic rings. The fourth-order valence-electron chi connectivity index (χ4n) is 5.94. The molecule has 4 aromatic rings. The van der Waals surface area contributed by atoms with Crippen molar-refractivity contribution in [3.63, 3.8) is 0 Å². The van der Waals surface area contributed by atoms with Crippen molar-refractivity contribution < 1.29 is 34.3 Å². The third-order valence-corrected chi connectivity index (χ3v) is 8.32. The number of aliphatic hydroxyl groups is 3. The molecule has 0 heterocycles. The van der Waals surface area contributed by atoms with E-state index in [9.17, 15) is 15.3 Å². The van der Waals surface area contributed by atoms with Crippen LogP contribution < -0.4 is 5.32 Å². The Labute approximate surface area is 271 Å². The van der Waals surface area contributed by atoms with E-state index in [1.165, 1.54) is 0 Å². The van der Waals surface area contributed by atoms with Gasteiger partial charge in [-0.25, -0.2) is 0 Å². The van der Waals surface area contributed by atoms with Crippen LogP contribution in [0, 0.1) is 0 Å². The van der Waals surface area contributed by atoms with Gasteiger partial charge in [-0.2, -0.15) is 0 Å². The van der Waals surface area contributed by atoms with Crippen molar-refractivity contribution in [2.75, 3.05) is 19.8 Å². The fraction of sp³-hybridized carbons (Fsp3) is 0.368. The first kappa shape index (κ1) is 33.9. The van der Waals surface area contributed by atoms with Crippen molar-refractivity contribution in [2.24, 2.45) is 0 Å². The van der Waals surface area contributed by atoms with Crippen LogP contribution in [0.1, 0.15) is 28.7 Å². The van der Waals surface area contributed by atoms with Gasteiger partial charge in [-0.1, -0.05) is 121 Å². The Morgan fingerprint density at radius 3 is 1.46 bits per heavy atom. The molecule has 0 bridgehead atoms. The molecular formula is C38H45NO7. The highest BCUT2D eigenvalue weighted by molar-refractivity contribution is 5.18. The molecular weight excluding hydrogens is 582 g/mol. The second-order valence-corrected chi connectivity index (χ2v) is 11.9. The molecule has 0 radical (unpaired) electrons. The van der Waals surface area contributed by atoms with Crippen molar-refractivity contribution in [1.82, 2.24) is 5.32 Å². The maximum Gasteiger partial charge on any atom is 0.118 e. The molecule has 0 aliphatic heterocycles. The molecule has 1 saturated carbocycles. The molecule has 1 aliphatic carbocycles. The van der Waals surface area contributed by atoms with E-state index in [1.54, 1.807) is 0 Å². The normalized spacial score (nSPS) is 23.0. The van der Waals surface area contributed by atoms with E-state index in [0.29, 0.717) is 13.2 Å². The van der Waals surface area contributed by atoms with Crippen molar-refractivity contribution in [3.8, 4) is 0 Å². The van der Waals surface area contributed by atoms with Crippen molar-refractivity contribution in [1.29, 1.82) is 0 Å². The largest absolute Gasteiger partial charge is 0.395 e. The van der Waals surface area contributed by atoms with Gasteiger partial charge in [0.2, 0.25) is 0 Å². The monoisotopic (exact) mass is 627 g/mol. The minimum absolute atomic E-state index is 0.0287. The molecule has 244 valence electrons. The van der Waals surface area contributed by atoms with Crippen LogP contribution in [0.2, 0.25) is 0 Å². The summed E-state index contributed by atoms with van der Waals surface area (Å²) < 4.78 is 26.1. The van der Waals surface area contributed by atoms with Crippen molar-refractivity contribution in [2.45, 2.75) is 68.8 Å². The summed E-state index contributed by atoms with van der Waals surface area (Å²) >= 11 is 0. The molecule has 8 nitrogen and oxygen atoms in total. The van der Waals surface area contributed by atoms with Gasteiger partial charge in [0.1, 0.15) is 23.9 Å². The van der Waals surface area contributed by atoms with E-state index >= 15 is 0 Å². The predicted molar refractivity (Wildman–Crippen MR) is 176 cm³/mol. The molecule has 1 fully saturated rings. The van der Waals surface area contributed by atoms with E-state index in [-0.39, 0.29) is 39.5 Å². The van der Waals surface area contributed by atoms with Gasteiger partial charge >= 0.3 is 0 Å². The Kier molecular flexibility index (Phi) is 12.9. The lowest BCUT2D eigenvalue weighted by molar-refractivity contribution is -0.256. The lowest BCUT2D eigenvalue weighted by Gasteiger charge is -2.51. The Hall–Kier alpha value is -3.44. The van der Waals surface area contributed by atoms with E-state index in [2.05, 4.69) is 5.32 Å². The van der Waals surface area contributed by atoms with E-state index < -0.39 is 36.0 Å². The molecule has 5 atom stereocenters. The Morgan fingerprint density at radius 2 is 1.00 bits per heavy atom. The van der Waals surface area contributed by atoms with Crippen molar-refractivity contribution in [3.05, 3.63) is 144 Å². The zero-order valence-electron chi connectivity index (χ0n) is 26.1. The summed E-state index contributed by atoms with van der Waals surface area (Å²) in [4.78, 5) is 0. The zero-order chi connectivity index (χ0) is 32.0. The van der Waals surface area contributed by atoms with Crippen LogP contribution in [0.15, 0.2) is 121 Å². The Bertz CT molecular complexity index is 1390. The highest BCUT2D eigenvalue weighted by Gasteiger charge is 2.55. The van der Waals surface area contributed by atoms with E-state index in [4.69, 9.17) is 18.9 Å². The topological polar surface area (TPSA) is 110 Å². The number of hydrogen-bond donors (Lipinski definition) is 4. The van der Waals surface area contributed by atoms with Crippen LogP contribution in [-0.2, 0) is 45.4 Å². The zero-order valence-corrected chi connectivity index (χ0v) is 26.1. The molecule has 4 aromatic carbocycles. The van der Waals surface area contributed by atoms with Gasteiger partial charge in [-0.3, -0.25) is 0 Å². The molecule has 0 spiro atoms. The molecule has 5 rings (SSSR count). The Morgan fingerprint density at radius 1 is 0.587 bits per heavy atom. The van der Waals surface area contributed by atoms with Gasteiger partial charge in [-0.05, 0) is 28.7 Å². The quantitative estimate of drug-likeness (QED) is 0.136. The van der Waals surface area contributed by atoms with Gasteiger partial charge in [0.05, 0.1) is 52.3 Å². The standard InChI is InChI=1S/C38H45NO7/c40-22-33(23-41)39-34-21-38(42,28-43-24-29-13-5-1-6-14-29)37(46-27-32-19-11-4-12-20-32)36(45-26-31-17-9-3-10-18-31)35(34)44-25-30-15-7-2-8-16-30/h1-20,33-37,39-42H,21-28H2/t34-,35+,36-,37-,38-/m0/s1. The third-order valence-electron chi connectivity index (χ3n) is 8.32. The van der Waals surface area contributed by atoms with Gasteiger partial charge in [0, 0.05) is 6.04 Å². The summed E-state index contributed by atoms with van der Waals surface area (Å²) in [7, 11) is 0. The van der Waals surface area contributed by atoms with Crippen LogP contribution in [0.25, 0.3) is 0 Å². The average molecular weight is 628 g/mol. The molecule has 0 aromatic heterocycles. The third kappa shape index (κ3) is 9.54. The van der Waals surface area contributed by atoms with Crippen LogP contribution >= 0.6 is 0 Å². The average Bonchev–Trinajstić information content (AvgIpc) is 3.10. The number of nitrogens with one attached hydrogen (secondary N) is 1. The summed E-state index contributed by atoms with van der Waals surface area (Å²) in [6.45, 7) is 0.517. The fourth-order valence-corrected chi connectivity index (χ4v) is 5.94. The second kappa shape index (κ2) is 17.5. The first-order valence-electron chi connectivity index (χ1n) is 15.9. The second-order valence-electron chi connectivity index (χ2n) is 11.9. The highest BCUT2D eigenvalue weighted by Crippen LogP contribution is 2.37. The van der Waals surface area contributed by atoms with Gasteiger partial charge in [0.25, 0.3) is 0 Å². The molecule has 4 N–H and O–H groups in total. The lowest BCUT2D eigenvalue weighted by Crippen LogP contribution is -2.70. The number of rotatable bonds is 17. The van der Waals surface area contributed by atoms with Crippen LogP contribution in [-0.4, -0.2) is 71.1 Å². The number of ether oxygens (including phenoxy) is 4. The number of aliphatic hydroxyl groups excluding tert-OH is 2. The first-order valence-corrected chi connectivity index (χ1v) is 15.9. The maximum absolute atomic E-state index is 12.5. The van der Waals surface area contributed by atoms with Crippen LogP contribution in [0.4, 0.5) is 0 Å². The SMILES string of the molecule is OCC(CO)N[C@H]1C[C@](O)(COCc2ccccc2)[C@@H](OCc2ccccc2)[C@@H](OCc2ccccc2)[C@@H]1OCc1ccccc1. The molecule has 8 heteroatoms. The number of benzene rings is 4. The number of hydrogen-bond acceptors (Lipinski definition) is 8. The summed E-state index contributed by atoms with van der Waals surface area (Å²) in [6, 6.07) is 38.2.